The zero-order chi connectivity index (χ0) is 22.4. The third kappa shape index (κ3) is 4.41. The van der Waals surface area contributed by atoms with E-state index in [4.69, 9.17) is 19.5 Å². The van der Waals surface area contributed by atoms with Crippen molar-refractivity contribution in [2.45, 2.75) is 6.42 Å². The van der Waals surface area contributed by atoms with E-state index >= 15 is 0 Å². The number of fused-ring (bicyclic) bond motifs is 1. The van der Waals surface area contributed by atoms with Gasteiger partial charge in [-0.05, 0) is 24.3 Å². The molecule has 1 heterocycles. The highest BCUT2D eigenvalue weighted by atomic mass is 16.5. The van der Waals surface area contributed by atoms with Gasteiger partial charge >= 0.3 is 0 Å². The number of carbonyl (C=O) groups excluding carboxylic acids is 2. The minimum atomic E-state index is -0.402. The van der Waals surface area contributed by atoms with Crippen LogP contribution in [-0.4, -0.2) is 44.5 Å². The lowest BCUT2D eigenvalue weighted by molar-refractivity contribution is 0.0954. The molecule has 31 heavy (non-hydrogen) atoms. The number of ketones is 1. The maximum Gasteiger partial charge on any atom is 0.253 e. The van der Waals surface area contributed by atoms with E-state index in [1.54, 1.807) is 36.4 Å². The molecule has 3 aromatic rings. The summed E-state index contributed by atoms with van der Waals surface area (Å²) in [5, 5.41) is 12.3. The predicted octanol–water partition coefficient (Wildman–Crippen LogP) is 3.14. The van der Waals surface area contributed by atoms with E-state index in [0.717, 1.165) is 0 Å². The van der Waals surface area contributed by atoms with Crippen LogP contribution in [0.4, 0.5) is 0 Å². The second-order valence-corrected chi connectivity index (χ2v) is 6.50. The number of pyridine rings is 1. The molecule has 1 amide bonds. The second kappa shape index (κ2) is 9.59. The highest BCUT2D eigenvalue weighted by Gasteiger charge is 2.21. The van der Waals surface area contributed by atoms with Crippen LogP contribution in [-0.2, 0) is 0 Å². The van der Waals surface area contributed by atoms with Gasteiger partial charge in [-0.15, -0.1) is 0 Å². The maximum absolute atomic E-state index is 13.2. The smallest absolute Gasteiger partial charge is 0.253 e. The average molecular weight is 419 g/mol. The number of nitriles is 1. The molecule has 2 aromatic carbocycles. The van der Waals surface area contributed by atoms with E-state index in [9.17, 15) is 9.59 Å². The number of amides is 1. The van der Waals surface area contributed by atoms with Crippen molar-refractivity contribution in [1.82, 2.24) is 10.3 Å². The quantitative estimate of drug-likeness (QED) is 0.441. The number of hydrogen-bond donors (Lipinski definition) is 1. The highest BCUT2D eigenvalue weighted by Crippen LogP contribution is 2.35. The van der Waals surface area contributed by atoms with Gasteiger partial charge in [0.1, 0.15) is 11.4 Å². The molecule has 8 nitrogen and oxygen atoms in total. The Labute approximate surface area is 179 Å². The second-order valence-electron chi connectivity index (χ2n) is 6.50. The molecule has 0 radical (unpaired) electrons. The maximum atomic E-state index is 13.2. The summed E-state index contributed by atoms with van der Waals surface area (Å²) < 4.78 is 16.0. The summed E-state index contributed by atoms with van der Waals surface area (Å²) in [6, 6.07) is 12.0. The summed E-state index contributed by atoms with van der Waals surface area (Å²) in [6.07, 6.45) is 1.53. The Morgan fingerprint density at radius 1 is 1.03 bits per heavy atom. The van der Waals surface area contributed by atoms with Crippen LogP contribution in [0.3, 0.4) is 0 Å². The largest absolute Gasteiger partial charge is 0.497 e. The van der Waals surface area contributed by atoms with Gasteiger partial charge in [0.2, 0.25) is 5.78 Å². The van der Waals surface area contributed by atoms with Crippen molar-refractivity contribution < 1.29 is 23.8 Å². The minimum Gasteiger partial charge on any atom is -0.497 e. The van der Waals surface area contributed by atoms with Gasteiger partial charge in [-0.2, -0.15) is 5.26 Å². The summed E-state index contributed by atoms with van der Waals surface area (Å²) in [4.78, 5) is 30.2. The van der Waals surface area contributed by atoms with Crippen LogP contribution in [0.2, 0.25) is 0 Å². The fraction of sp³-hybridized carbons (Fsp3) is 0.217. The number of nitrogens with zero attached hydrogens (tertiary/aromatic N) is 2. The molecule has 1 N–H and O–H groups in total. The third-order valence-corrected chi connectivity index (χ3v) is 4.71. The standard InChI is InChI=1S/C23H21N3O5/c1-29-15-7-4-6-14(10-15)22(27)21-17-12-20(31-3)19(30-2)11-16(17)18(13-26-21)23(28)25-9-5-8-24/h4,6-7,10-13H,5,9H2,1-3H3,(H,25,28). The summed E-state index contributed by atoms with van der Waals surface area (Å²) in [7, 11) is 4.49. The summed E-state index contributed by atoms with van der Waals surface area (Å²) >= 11 is 0. The van der Waals surface area contributed by atoms with E-state index in [1.165, 1.54) is 27.5 Å². The predicted molar refractivity (Wildman–Crippen MR) is 114 cm³/mol. The Hall–Kier alpha value is -4.12. The Kier molecular flexibility index (Phi) is 6.67. The summed E-state index contributed by atoms with van der Waals surface area (Å²) in [6.45, 7) is 0.203. The Morgan fingerprint density at radius 2 is 1.74 bits per heavy atom. The normalized spacial score (nSPS) is 10.3. The Balaban J connectivity index is 2.18. The zero-order valence-corrected chi connectivity index (χ0v) is 17.4. The van der Waals surface area contributed by atoms with Crippen LogP contribution in [0.1, 0.15) is 32.8 Å². The first-order valence-electron chi connectivity index (χ1n) is 9.42. The van der Waals surface area contributed by atoms with E-state index < -0.39 is 5.91 Å². The molecule has 0 aliphatic carbocycles. The van der Waals surface area contributed by atoms with E-state index in [1.807, 2.05) is 6.07 Å². The first-order chi connectivity index (χ1) is 15.0. The molecule has 0 saturated carbocycles. The van der Waals surface area contributed by atoms with Crippen molar-refractivity contribution in [2.75, 3.05) is 27.9 Å². The fourth-order valence-corrected chi connectivity index (χ4v) is 3.16. The molecular weight excluding hydrogens is 398 g/mol. The Bertz CT molecular complexity index is 1180. The van der Waals surface area contributed by atoms with E-state index in [-0.39, 0.29) is 30.0 Å². The molecule has 0 spiro atoms. The SMILES string of the molecule is COc1cccc(C(=O)c2ncc(C(=O)NCCC#N)c3cc(OC)c(OC)cc23)c1. The molecule has 1 aromatic heterocycles. The molecule has 3 rings (SSSR count). The first kappa shape index (κ1) is 21.6. The van der Waals surface area contributed by atoms with Gasteiger partial charge in [-0.25, -0.2) is 0 Å². The number of methoxy groups -OCH3 is 3. The average Bonchev–Trinajstić information content (AvgIpc) is 2.81. The monoisotopic (exact) mass is 419 g/mol. The molecule has 0 atom stereocenters. The van der Waals surface area contributed by atoms with Crippen molar-refractivity contribution in [3.63, 3.8) is 0 Å². The number of benzene rings is 2. The van der Waals surface area contributed by atoms with Gasteiger partial charge in [-0.3, -0.25) is 14.6 Å². The molecular formula is C23H21N3O5. The number of nitrogens with one attached hydrogen (secondary N) is 1. The number of hydrogen-bond acceptors (Lipinski definition) is 7. The van der Waals surface area contributed by atoms with E-state index in [2.05, 4.69) is 10.3 Å². The zero-order valence-electron chi connectivity index (χ0n) is 17.4. The third-order valence-electron chi connectivity index (χ3n) is 4.71. The van der Waals surface area contributed by atoms with Crippen molar-refractivity contribution >= 4 is 22.5 Å². The van der Waals surface area contributed by atoms with Crippen LogP contribution >= 0.6 is 0 Å². The van der Waals surface area contributed by atoms with Crippen molar-refractivity contribution in [1.29, 1.82) is 5.26 Å². The molecule has 0 aliphatic heterocycles. The van der Waals surface area contributed by atoms with Gasteiger partial charge in [0.15, 0.2) is 11.5 Å². The molecule has 0 unspecified atom stereocenters. The van der Waals surface area contributed by atoms with Gasteiger partial charge in [0, 0.05) is 29.1 Å². The van der Waals surface area contributed by atoms with Gasteiger partial charge in [0.25, 0.3) is 5.91 Å². The van der Waals surface area contributed by atoms with Gasteiger partial charge in [-0.1, -0.05) is 12.1 Å². The lowest BCUT2D eigenvalue weighted by atomic mass is 9.98. The van der Waals surface area contributed by atoms with Crippen LogP contribution in [0.25, 0.3) is 10.8 Å². The van der Waals surface area contributed by atoms with Crippen LogP contribution in [0, 0.1) is 11.3 Å². The molecule has 0 aliphatic rings. The Morgan fingerprint density at radius 3 is 2.39 bits per heavy atom. The van der Waals surface area contributed by atoms with Crippen molar-refractivity contribution in [3.05, 3.63) is 59.4 Å². The van der Waals surface area contributed by atoms with Crippen LogP contribution in [0.5, 0.6) is 17.2 Å². The van der Waals surface area contributed by atoms with E-state index in [0.29, 0.717) is 33.6 Å². The lowest BCUT2D eigenvalue weighted by Crippen LogP contribution is -2.25. The summed E-state index contributed by atoms with van der Waals surface area (Å²) in [5.41, 5.74) is 0.822. The van der Waals surface area contributed by atoms with Crippen LogP contribution in [0.15, 0.2) is 42.6 Å². The lowest BCUT2D eigenvalue weighted by Gasteiger charge is -2.14. The number of rotatable bonds is 8. The minimum absolute atomic E-state index is 0.165. The molecule has 0 bridgehead atoms. The van der Waals surface area contributed by atoms with Gasteiger partial charge in [0.05, 0.1) is 39.4 Å². The van der Waals surface area contributed by atoms with Crippen molar-refractivity contribution in [2.24, 2.45) is 0 Å². The number of carbonyl (C=O) groups is 2. The molecule has 8 heteroatoms. The van der Waals surface area contributed by atoms with Gasteiger partial charge < -0.3 is 19.5 Å². The summed E-state index contributed by atoms with van der Waals surface area (Å²) in [5.74, 6) is 0.626. The molecule has 0 fully saturated rings. The highest BCUT2D eigenvalue weighted by molar-refractivity contribution is 6.18. The number of ether oxygens (including phenoxy) is 3. The topological polar surface area (TPSA) is 111 Å². The van der Waals surface area contributed by atoms with Crippen molar-refractivity contribution in [3.8, 4) is 23.3 Å². The first-order valence-corrected chi connectivity index (χ1v) is 9.42. The fourth-order valence-electron chi connectivity index (χ4n) is 3.16. The molecule has 0 saturated heterocycles. The molecule has 158 valence electrons. The van der Waals surface area contributed by atoms with Crippen LogP contribution < -0.4 is 19.5 Å². The number of aromatic nitrogens is 1.